The van der Waals surface area contributed by atoms with Crippen molar-refractivity contribution < 1.29 is 9.90 Å². The average Bonchev–Trinajstić information content (AvgIpc) is 2.34. The smallest absolute Gasteiger partial charge is 0.219 e. The number of piperazine rings is 1. The van der Waals surface area contributed by atoms with Crippen molar-refractivity contribution >= 4 is 17.5 Å². The Labute approximate surface area is 112 Å². The molecule has 0 radical (unpaired) electrons. The number of carbonyl (C=O) groups is 1. The zero-order valence-electron chi connectivity index (χ0n) is 10.4. The number of phenols is 1. The Bertz CT molecular complexity index is 422. The fourth-order valence-electron chi connectivity index (χ4n) is 2.15. The third kappa shape index (κ3) is 2.94. The Morgan fingerprint density at radius 3 is 2.56 bits per heavy atom. The largest absolute Gasteiger partial charge is 0.508 e. The van der Waals surface area contributed by atoms with Crippen molar-refractivity contribution in [3.8, 4) is 5.75 Å². The monoisotopic (exact) mass is 268 g/mol. The molecule has 1 amide bonds. The van der Waals surface area contributed by atoms with Gasteiger partial charge in [0.15, 0.2) is 0 Å². The van der Waals surface area contributed by atoms with E-state index in [9.17, 15) is 9.90 Å². The van der Waals surface area contributed by atoms with Crippen LogP contribution in [-0.4, -0.2) is 47.0 Å². The van der Waals surface area contributed by atoms with Crippen LogP contribution >= 0.6 is 11.6 Å². The Balaban J connectivity index is 1.98. The highest BCUT2D eigenvalue weighted by Gasteiger charge is 2.20. The predicted octanol–water partition coefficient (Wildman–Crippen LogP) is 1.71. The second-order valence-electron chi connectivity index (χ2n) is 4.52. The number of phenolic OH excluding ortho intramolecular Hbond substituents is 1. The number of nitrogens with zero attached hydrogens (tertiary/aromatic N) is 2. The normalized spacial score (nSPS) is 16.9. The molecule has 0 spiro atoms. The van der Waals surface area contributed by atoms with Crippen LogP contribution in [0.5, 0.6) is 5.75 Å². The van der Waals surface area contributed by atoms with E-state index >= 15 is 0 Å². The summed E-state index contributed by atoms with van der Waals surface area (Å²) in [6.45, 7) is 5.31. The van der Waals surface area contributed by atoms with E-state index in [1.807, 2.05) is 4.90 Å². The van der Waals surface area contributed by atoms with Crippen LogP contribution in [0.25, 0.3) is 0 Å². The van der Waals surface area contributed by atoms with Gasteiger partial charge in [-0.05, 0) is 12.1 Å². The van der Waals surface area contributed by atoms with E-state index in [0.717, 1.165) is 31.7 Å². The third-order valence-corrected chi connectivity index (χ3v) is 3.65. The third-order valence-electron chi connectivity index (χ3n) is 3.29. The van der Waals surface area contributed by atoms with Gasteiger partial charge in [0.25, 0.3) is 0 Å². The van der Waals surface area contributed by atoms with E-state index in [0.29, 0.717) is 11.6 Å². The van der Waals surface area contributed by atoms with E-state index in [2.05, 4.69) is 4.90 Å². The number of aromatic hydroxyl groups is 1. The summed E-state index contributed by atoms with van der Waals surface area (Å²) in [7, 11) is 0. The Morgan fingerprint density at radius 1 is 1.33 bits per heavy atom. The van der Waals surface area contributed by atoms with E-state index < -0.39 is 0 Å². The first kappa shape index (κ1) is 13.2. The fourth-order valence-corrected chi connectivity index (χ4v) is 2.38. The quantitative estimate of drug-likeness (QED) is 0.888. The van der Waals surface area contributed by atoms with Gasteiger partial charge in [0.05, 0.1) is 0 Å². The van der Waals surface area contributed by atoms with Gasteiger partial charge in [0, 0.05) is 50.2 Å². The zero-order chi connectivity index (χ0) is 13.1. The van der Waals surface area contributed by atoms with Crippen molar-refractivity contribution in [2.24, 2.45) is 0 Å². The lowest BCUT2D eigenvalue weighted by molar-refractivity contribution is -0.130. The lowest BCUT2D eigenvalue weighted by atomic mass is 10.1. The standard InChI is InChI=1S/C13H17ClN2O2/c1-10(17)16-7-5-15(6-8-16)9-11-12(14)3-2-4-13(11)18/h2-4,18H,5-9H2,1H3. The first-order chi connectivity index (χ1) is 8.58. The molecular formula is C13H17ClN2O2. The summed E-state index contributed by atoms with van der Waals surface area (Å²) in [5, 5.41) is 10.4. The minimum Gasteiger partial charge on any atom is -0.508 e. The highest BCUT2D eigenvalue weighted by atomic mass is 35.5. The molecule has 0 saturated carbocycles. The summed E-state index contributed by atoms with van der Waals surface area (Å²) in [6.07, 6.45) is 0. The van der Waals surface area contributed by atoms with Gasteiger partial charge < -0.3 is 10.0 Å². The molecule has 4 nitrogen and oxygen atoms in total. The molecule has 1 saturated heterocycles. The van der Waals surface area contributed by atoms with Gasteiger partial charge >= 0.3 is 0 Å². The molecule has 1 aromatic carbocycles. The molecular weight excluding hydrogens is 252 g/mol. The van der Waals surface area contributed by atoms with Crippen LogP contribution in [0, 0.1) is 0 Å². The second kappa shape index (κ2) is 5.59. The van der Waals surface area contributed by atoms with Crippen molar-refractivity contribution in [2.75, 3.05) is 26.2 Å². The van der Waals surface area contributed by atoms with Gasteiger partial charge in [-0.15, -0.1) is 0 Å². The van der Waals surface area contributed by atoms with Crippen LogP contribution in [-0.2, 0) is 11.3 Å². The minimum atomic E-state index is 0.121. The fraction of sp³-hybridized carbons (Fsp3) is 0.462. The molecule has 0 atom stereocenters. The number of hydrogen-bond acceptors (Lipinski definition) is 3. The number of benzene rings is 1. The van der Waals surface area contributed by atoms with Crippen LogP contribution in [0.15, 0.2) is 18.2 Å². The molecule has 5 heteroatoms. The van der Waals surface area contributed by atoms with Crippen molar-refractivity contribution in [2.45, 2.75) is 13.5 Å². The summed E-state index contributed by atoms with van der Waals surface area (Å²) in [5.74, 6) is 0.353. The van der Waals surface area contributed by atoms with Crippen molar-refractivity contribution in [1.29, 1.82) is 0 Å². The molecule has 1 aromatic rings. The summed E-state index contributed by atoms with van der Waals surface area (Å²) < 4.78 is 0. The topological polar surface area (TPSA) is 43.8 Å². The highest BCUT2D eigenvalue weighted by molar-refractivity contribution is 6.31. The molecule has 1 N–H and O–H groups in total. The summed E-state index contributed by atoms with van der Waals surface area (Å²) >= 11 is 6.08. The highest BCUT2D eigenvalue weighted by Crippen LogP contribution is 2.26. The lowest BCUT2D eigenvalue weighted by Crippen LogP contribution is -2.47. The van der Waals surface area contributed by atoms with Gasteiger partial charge in [-0.1, -0.05) is 17.7 Å². The number of rotatable bonds is 2. The molecule has 1 aliphatic heterocycles. The molecule has 0 aromatic heterocycles. The number of carbonyl (C=O) groups excluding carboxylic acids is 1. The van der Waals surface area contributed by atoms with Gasteiger partial charge in [-0.25, -0.2) is 0 Å². The molecule has 2 rings (SSSR count). The maximum absolute atomic E-state index is 11.2. The van der Waals surface area contributed by atoms with Crippen molar-refractivity contribution in [1.82, 2.24) is 9.80 Å². The summed E-state index contributed by atoms with van der Waals surface area (Å²) in [6, 6.07) is 5.16. The van der Waals surface area contributed by atoms with Gasteiger partial charge in [0.1, 0.15) is 5.75 Å². The number of hydrogen-bond donors (Lipinski definition) is 1. The average molecular weight is 269 g/mol. The summed E-state index contributed by atoms with van der Waals surface area (Å²) in [4.78, 5) is 15.2. The molecule has 0 unspecified atom stereocenters. The van der Waals surface area contributed by atoms with E-state index in [1.54, 1.807) is 25.1 Å². The van der Waals surface area contributed by atoms with Crippen molar-refractivity contribution in [3.63, 3.8) is 0 Å². The Morgan fingerprint density at radius 2 is 2.00 bits per heavy atom. The second-order valence-corrected chi connectivity index (χ2v) is 4.93. The predicted molar refractivity (Wildman–Crippen MR) is 70.6 cm³/mol. The summed E-state index contributed by atoms with van der Waals surface area (Å²) in [5.41, 5.74) is 0.760. The molecule has 1 aliphatic rings. The SMILES string of the molecule is CC(=O)N1CCN(Cc2c(O)cccc2Cl)CC1. The van der Waals surface area contributed by atoms with Crippen molar-refractivity contribution in [3.05, 3.63) is 28.8 Å². The molecule has 0 aliphatic carbocycles. The first-order valence-corrected chi connectivity index (χ1v) is 6.40. The van der Waals surface area contributed by atoms with Gasteiger partial charge in [0.2, 0.25) is 5.91 Å². The molecule has 98 valence electrons. The van der Waals surface area contributed by atoms with Gasteiger partial charge in [-0.3, -0.25) is 9.69 Å². The van der Waals surface area contributed by atoms with Crippen LogP contribution in [0.4, 0.5) is 0 Å². The first-order valence-electron chi connectivity index (χ1n) is 6.02. The molecule has 18 heavy (non-hydrogen) atoms. The van der Waals surface area contributed by atoms with Crippen LogP contribution < -0.4 is 0 Å². The minimum absolute atomic E-state index is 0.121. The van der Waals surface area contributed by atoms with E-state index in [4.69, 9.17) is 11.6 Å². The maximum Gasteiger partial charge on any atom is 0.219 e. The van der Waals surface area contributed by atoms with E-state index in [-0.39, 0.29) is 11.7 Å². The van der Waals surface area contributed by atoms with Gasteiger partial charge in [-0.2, -0.15) is 0 Å². The maximum atomic E-state index is 11.2. The lowest BCUT2D eigenvalue weighted by Gasteiger charge is -2.34. The Hall–Kier alpha value is -1.26. The molecule has 1 heterocycles. The molecule has 1 fully saturated rings. The number of amides is 1. The van der Waals surface area contributed by atoms with Crippen LogP contribution in [0.1, 0.15) is 12.5 Å². The Kier molecular flexibility index (Phi) is 4.09. The molecule has 0 bridgehead atoms. The number of halogens is 1. The van der Waals surface area contributed by atoms with E-state index in [1.165, 1.54) is 0 Å². The van der Waals surface area contributed by atoms with Crippen LogP contribution in [0.2, 0.25) is 5.02 Å². The van der Waals surface area contributed by atoms with Crippen LogP contribution in [0.3, 0.4) is 0 Å². The zero-order valence-corrected chi connectivity index (χ0v) is 11.2.